The van der Waals surface area contributed by atoms with Gasteiger partial charge in [0.15, 0.2) is 5.96 Å². The van der Waals surface area contributed by atoms with Gasteiger partial charge in [-0.25, -0.2) is 0 Å². The smallest absolute Gasteiger partial charge is 0.193 e. The van der Waals surface area contributed by atoms with Crippen LogP contribution in [0, 0.1) is 17.8 Å². The van der Waals surface area contributed by atoms with Crippen molar-refractivity contribution in [2.45, 2.75) is 46.6 Å². The molecule has 138 valence electrons. The van der Waals surface area contributed by atoms with Crippen LogP contribution in [-0.4, -0.2) is 47.3 Å². The van der Waals surface area contributed by atoms with E-state index in [4.69, 9.17) is 0 Å². The Bertz CT molecular complexity index is 470. The largest absolute Gasteiger partial charge is 0.356 e. The molecule has 5 nitrogen and oxygen atoms in total. The van der Waals surface area contributed by atoms with Crippen LogP contribution in [0.3, 0.4) is 0 Å². The van der Waals surface area contributed by atoms with Gasteiger partial charge in [0.05, 0.1) is 0 Å². The number of nitrogens with one attached hydrogen (secondary N) is 1. The Kier molecular flexibility index (Phi) is 9.69. The van der Waals surface area contributed by atoms with Gasteiger partial charge >= 0.3 is 0 Å². The number of guanidine groups is 1. The van der Waals surface area contributed by atoms with E-state index < -0.39 is 0 Å². The summed E-state index contributed by atoms with van der Waals surface area (Å²) in [5, 5.41) is 7.83. The van der Waals surface area contributed by atoms with Crippen LogP contribution in [0.5, 0.6) is 0 Å². The zero-order valence-corrected chi connectivity index (χ0v) is 17.9. The maximum Gasteiger partial charge on any atom is 0.193 e. The van der Waals surface area contributed by atoms with Gasteiger partial charge in [-0.1, -0.05) is 33.6 Å². The lowest BCUT2D eigenvalue weighted by molar-refractivity contribution is 0.318. The van der Waals surface area contributed by atoms with E-state index in [1.807, 2.05) is 30.2 Å². The van der Waals surface area contributed by atoms with Crippen molar-refractivity contribution in [3.63, 3.8) is 0 Å². The Hall–Kier alpha value is -0.790. The molecule has 0 aromatic carbocycles. The molecule has 24 heavy (non-hydrogen) atoms. The van der Waals surface area contributed by atoms with Crippen LogP contribution in [0.1, 0.15) is 40.0 Å². The number of halogens is 1. The fraction of sp³-hybridized carbons (Fsp3) is 0.778. The van der Waals surface area contributed by atoms with Crippen molar-refractivity contribution in [2.75, 3.05) is 26.7 Å². The molecule has 1 N–H and O–H groups in total. The minimum absolute atomic E-state index is 0. The van der Waals surface area contributed by atoms with E-state index in [0.717, 1.165) is 44.0 Å². The van der Waals surface area contributed by atoms with E-state index >= 15 is 0 Å². The fourth-order valence-corrected chi connectivity index (χ4v) is 3.71. The summed E-state index contributed by atoms with van der Waals surface area (Å²) in [7, 11) is 1.89. The summed E-state index contributed by atoms with van der Waals surface area (Å²) in [5.41, 5.74) is 0. The number of hydrogen-bond acceptors (Lipinski definition) is 2. The topological polar surface area (TPSA) is 45.5 Å². The molecule has 1 saturated heterocycles. The second kappa shape index (κ2) is 10.9. The van der Waals surface area contributed by atoms with E-state index in [1.165, 1.54) is 19.3 Å². The van der Waals surface area contributed by atoms with Gasteiger partial charge in [-0.15, -0.1) is 24.0 Å². The van der Waals surface area contributed by atoms with Crippen molar-refractivity contribution in [3.05, 3.63) is 18.5 Å². The number of rotatable bonds is 7. The minimum Gasteiger partial charge on any atom is -0.356 e. The van der Waals surface area contributed by atoms with Gasteiger partial charge < -0.3 is 10.2 Å². The van der Waals surface area contributed by atoms with Gasteiger partial charge in [-0.05, 0) is 30.2 Å². The quantitative estimate of drug-likeness (QED) is 0.396. The second-order valence-electron chi connectivity index (χ2n) is 6.83. The van der Waals surface area contributed by atoms with Gasteiger partial charge in [0.25, 0.3) is 0 Å². The third kappa shape index (κ3) is 5.93. The first kappa shape index (κ1) is 21.3. The summed E-state index contributed by atoms with van der Waals surface area (Å²) in [4.78, 5) is 6.93. The van der Waals surface area contributed by atoms with Crippen LogP contribution in [0.15, 0.2) is 23.5 Å². The van der Waals surface area contributed by atoms with Crippen LogP contribution in [-0.2, 0) is 6.54 Å². The SMILES string of the molecule is CCC(CC)C1CCN(C(=NC)NCC(C)Cn2cccn2)C1.I. The van der Waals surface area contributed by atoms with E-state index in [1.54, 1.807) is 0 Å². The molecule has 0 amide bonds. The minimum atomic E-state index is 0. The van der Waals surface area contributed by atoms with Gasteiger partial charge in [-0.3, -0.25) is 9.67 Å². The first-order valence-corrected chi connectivity index (χ1v) is 9.10. The number of nitrogens with zero attached hydrogens (tertiary/aromatic N) is 4. The predicted octanol–water partition coefficient (Wildman–Crippen LogP) is 3.47. The van der Waals surface area contributed by atoms with Crippen LogP contribution in [0.2, 0.25) is 0 Å². The molecule has 0 bridgehead atoms. The van der Waals surface area contributed by atoms with Gasteiger partial charge in [0, 0.05) is 45.6 Å². The highest BCUT2D eigenvalue weighted by Gasteiger charge is 2.29. The lowest BCUT2D eigenvalue weighted by atomic mass is 9.87. The number of likely N-dealkylation sites (tertiary alicyclic amines) is 1. The monoisotopic (exact) mass is 447 g/mol. The summed E-state index contributed by atoms with van der Waals surface area (Å²) in [6, 6.07) is 1.97. The van der Waals surface area contributed by atoms with Crippen molar-refractivity contribution in [3.8, 4) is 0 Å². The van der Waals surface area contributed by atoms with Crippen LogP contribution in [0.4, 0.5) is 0 Å². The third-order valence-corrected chi connectivity index (χ3v) is 5.12. The molecule has 1 aliphatic heterocycles. The normalized spacial score (nSPS) is 19.5. The number of aromatic nitrogens is 2. The molecule has 6 heteroatoms. The summed E-state index contributed by atoms with van der Waals surface area (Å²) < 4.78 is 1.99. The summed E-state index contributed by atoms with van der Waals surface area (Å²) in [6.45, 7) is 11.0. The maximum atomic E-state index is 4.49. The molecule has 1 aromatic rings. The van der Waals surface area contributed by atoms with E-state index in [2.05, 4.69) is 41.1 Å². The third-order valence-electron chi connectivity index (χ3n) is 5.12. The number of hydrogen-bond donors (Lipinski definition) is 1. The van der Waals surface area contributed by atoms with E-state index in [9.17, 15) is 0 Å². The first-order chi connectivity index (χ1) is 11.2. The zero-order valence-electron chi connectivity index (χ0n) is 15.6. The molecular weight excluding hydrogens is 413 g/mol. The van der Waals surface area contributed by atoms with Crippen LogP contribution < -0.4 is 5.32 Å². The molecule has 0 aliphatic carbocycles. The first-order valence-electron chi connectivity index (χ1n) is 9.10. The molecule has 0 spiro atoms. The summed E-state index contributed by atoms with van der Waals surface area (Å²) >= 11 is 0. The lowest BCUT2D eigenvalue weighted by Crippen LogP contribution is -2.42. The Morgan fingerprint density at radius 2 is 2.12 bits per heavy atom. The summed E-state index contributed by atoms with van der Waals surface area (Å²) in [6.07, 6.45) is 7.74. The molecule has 2 heterocycles. The summed E-state index contributed by atoms with van der Waals surface area (Å²) in [5.74, 6) is 3.26. The standard InChI is InChI=1S/C18H33N5.HI/c1-5-16(6-2)17-8-11-22(14-17)18(19-4)20-12-15(3)13-23-10-7-9-21-23;/h7,9-10,15-17H,5-6,8,11-14H2,1-4H3,(H,19,20);1H. The average Bonchev–Trinajstić information content (AvgIpc) is 3.22. The fourth-order valence-electron chi connectivity index (χ4n) is 3.71. The maximum absolute atomic E-state index is 4.49. The molecule has 2 rings (SSSR count). The average molecular weight is 447 g/mol. The van der Waals surface area contributed by atoms with Crippen molar-refractivity contribution in [2.24, 2.45) is 22.7 Å². The van der Waals surface area contributed by atoms with Crippen molar-refractivity contribution >= 4 is 29.9 Å². The molecule has 1 aromatic heterocycles. The van der Waals surface area contributed by atoms with Crippen LogP contribution in [0.25, 0.3) is 0 Å². The molecule has 1 aliphatic rings. The Morgan fingerprint density at radius 1 is 1.38 bits per heavy atom. The Morgan fingerprint density at radius 3 is 2.71 bits per heavy atom. The van der Waals surface area contributed by atoms with Crippen molar-refractivity contribution in [1.82, 2.24) is 20.0 Å². The van der Waals surface area contributed by atoms with Gasteiger partial charge in [0.2, 0.25) is 0 Å². The second-order valence-corrected chi connectivity index (χ2v) is 6.83. The van der Waals surface area contributed by atoms with Crippen molar-refractivity contribution in [1.29, 1.82) is 0 Å². The highest BCUT2D eigenvalue weighted by molar-refractivity contribution is 14.0. The Balaban J connectivity index is 0.00000288. The molecule has 2 unspecified atom stereocenters. The highest BCUT2D eigenvalue weighted by Crippen LogP contribution is 2.28. The molecule has 1 fully saturated rings. The van der Waals surface area contributed by atoms with Gasteiger partial charge in [-0.2, -0.15) is 5.10 Å². The molecule has 2 atom stereocenters. The van der Waals surface area contributed by atoms with Crippen LogP contribution >= 0.6 is 24.0 Å². The highest BCUT2D eigenvalue weighted by atomic mass is 127. The Labute approximate surface area is 164 Å². The zero-order chi connectivity index (χ0) is 16.7. The predicted molar refractivity (Wildman–Crippen MR) is 112 cm³/mol. The molecule has 0 radical (unpaired) electrons. The lowest BCUT2D eigenvalue weighted by Gasteiger charge is -2.25. The van der Waals surface area contributed by atoms with Gasteiger partial charge in [0.1, 0.15) is 0 Å². The van der Waals surface area contributed by atoms with E-state index in [-0.39, 0.29) is 24.0 Å². The number of aliphatic imine (C=N–C) groups is 1. The molecule has 0 saturated carbocycles. The molecular formula is C18H34IN5. The van der Waals surface area contributed by atoms with Crippen molar-refractivity contribution < 1.29 is 0 Å². The van der Waals surface area contributed by atoms with E-state index in [0.29, 0.717) is 5.92 Å².